The molecule has 0 aliphatic rings. The summed E-state index contributed by atoms with van der Waals surface area (Å²) < 4.78 is 3.15. The van der Waals surface area contributed by atoms with Crippen LogP contribution in [-0.2, 0) is 0 Å². The van der Waals surface area contributed by atoms with Crippen molar-refractivity contribution >= 4 is 34.6 Å². The second-order valence-electron chi connectivity index (χ2n) is 9.47. The molecule has 3 aromatic heterocycles. The Morgan fingerprint density at radius 1 is 0.925 bits per heavy atom. The smallest absolute Gasteiger partial charge is 0.266 e. The van der Waals surface area contributed by atoms with Gasteiger partial charge in [0.15, 0.2) is 5.65 Å². The Morgan fingerprint density at radius 3 is 2.45 bits per heavy atom. The molecule has 1 N–H and O–H groups in total. The van der Waals surface area contributed by atoms with Crippen LogP contribution in [0.4, 0.5) is 0 Å². The molecule has 6 aromatic rings. The molecule has 40 heavy (non-hydrogen) atoms. The van der Waals surface area contributed by atoms with Crippen molar-refractivity contribution in [2.45, 2.75) is 19.9 Å². The Morgan fingerprint density at radius 2 is 1.68 bits per heavy atom. The molecule has 1 atom stereocenters. The topological polar surface area (TPSA) is 94.2 Å². The number of nitrogens with zero attached hydrogens (tertiary/aromatic N) is 5. The van der Waals surface area contributed by atoms with Crippen LogP contribution in [0.25, 0.3) is 34.4 Å². The fourth-order valence-corrected chi connectivity index (χ4v) is 4.87. The summed E-state index contributed by atoms with van der Waals surface area (Å²) in [6.07, 6.45) is 7.28. The Hall–Kier alpha value is -5.37. The van der Waals surface area contributed by atoms with Gasteiger partial charge in [0, 0.05) is 12.4 Å². The van der Waals surface area contributed by atoms with Crippen LogP contribution in [0.1, 0.15) is 46.0 Å². The molecule has 0 saturated heterocycles. The zero-order chi connectivity index (χ0) is 27.6. The molecule has 0 aliphatic carbocycles. The predicted octanol–water partition coefficient (Wildman–Crippen LogP) is 5.40. The Kier molecular flexibility index (Phi) is 6.49. The van der Waals surface area contributed by atoms with Gasteiger partial charge in [-0.2, -0.15) is 5.10 Å². The summed E-state index contributed by atoms with van der Waals surface area (Å²) in [4.78, 5) is 36.9. The lowest BCUT2D eigenvalue weighted by Crippen LogP contribution is -2.33. The number of hydrogen-bond donors (Lipinski definition) is 1. The maximum Gasteiger partial charge on any atom is 0.266 e. The predicted molar refractivity (Wildman–Crippen MR) is 156 cm³/mol. The molecule has 8 nitrogen and oxygen atoms in total. The van der Waals surface area contributed by atoms with Crippen molar-refractivity contribution in [3.05, 3.63) is 136 Å². The van der Waals surface area contributed by atoms with Gasteiger partial charge in [0.2, 0.25) is 0 Å². The van der Waals surface area contributed by atoms with E-state index in [9.17, 15) is 9.59 Å². The van der Waals surface area contributed by atoms with E-state index in [-0.39, 0.29) is 11.5 Å². The minimum atomic E-state index is -0.605. The third-order valence-corrected chi connectivity index (χ3v) is 6.76. The Bertz CT molecular complexity index is 1940. The van der Waals surface area contributed by atoms with Crippen molar-refractivity contribution in [2.75, 3.05) is 0 Å². The first-order valence-electron chi connectivity index (χ1n) is 13.0. The highest BCUT2D eigenvalue weighted by Gasteiger charge is 2.24. The maximum atomic E-state index is 14.2. The second kappa shape index (κ2) is 10.4. The minimum Gasteiger partial charge on any atom is -0.342 e. The zero-order valence-electron chi connectivity index (χ0n) is 22.0. The Balaban J connectivity index is 1.47. The molecule has 0 spiro atoms. The average Bonchev–Trinajstić information content (AvgIpc) is 3.32. The van der Waals surface area contributed by atoms with Crippen molar-refractivity contribution in [3.8, 4) is 5.69 Å². The van der Waals surface area contributed by atoms with Crippen LogP contribution >= 0.6 is 0 Å². The number of carbonyl (C=O) groups is 1. The van der Waals surface area contributed by atoms with Crippen LogP contribution < -0.4 is 10.9 Å². The van der Waals surface area contributed by atoms with Gasteiger partial charge in [-0.1, -0.05) is 72.8 Å². The number of amides is 1. The van der Waals surface area contributed by atoms with E-state index in [1.807, 2.05) is 97.9 Å². The van der Waals surface area contributed by atoms with Gasteiger partial charge < -0.3 is 5.32 Å². The molecule has 196 valence electrons. The van der Waals surface area contributed by atoms with Crippen LogP contribution in [-0.4, -0.2) is 30.1 Å². The molecule has 3 heterocycles. The summed E-state index contributed by atoms with van der Waals surface area (Å²) in [5, 5.41) is 7.93. The fraction of sp³-hybridized carbons (Fsp3) is 0.0938. The van der Waals surface area contributed by atoms with Gasteiger partial charge in [-0.05, 0) is 49.2 Å². The van der Waals surface area contributed by atoms with Gasteiger partial charge in [-0.3, -0.25) is 14.2 Å². The van der Waals surface area contributed by atoms with Crippen molar-refractivity contribution in [2.24, 2.45) is 0 Å². The van der Waals surface area contributed by atoms with E-state index in [0.717, 1.165) is 11.1 Å². The molecule has 0 fully saturated rings. The first-order valence-corrected chi connectivity index (χ1v) is 13.0. The summed E-state index contributed by atoms with van der Waals surface area (Å²) in [6, 6.07) is 26.0. The maximum absolute atomic E-state index is 14.2. The standard InChI is InChI=1S/C32H26N6O2/c1-21-27(30-33-19-10-20-37(30)36-21)31(39)34-22(2)29-35-26-16-9-13-24(18-17-23-11-5-3-6-12-23)28(26)32(40)38(29)25-14-7-4-8-15-25/h3-20,22H,1-2H3,(H,34,39)/b18-17+. The van der Waals surface area contributed by atoms with E-state index in [1.165, 1.54) is 0 Å². The summed E-state index contributed by atoms with van der Waals surface area (Å²) in [5.41, 5.74) is 4.20. The van der Waals surface area contributed by atoms with E-state index in [4.69, 9.17) is 4.98 Å². The number of rotatable bonds is 6. The number of aromatic nitrogens is 5. The molecule has 0 aliphatic heterocycles. The van der Waals surface area contributed by atoms with Crippen LogP contribution in [0.15, 0.2) is 102 Å². The molecule has 0 radical (unpaired) electrons. The van der Waals surface area contributed by atoms with Crippen molar-refractivity contribution in [3.63, 3.8) is 0 Å². The summed E-state index contributed by atoms with van der Waals surface area (Å²) >= 11 is 0. The first kappa shape index (κ1) is 24.9. The number of aryl methyl sites for hydroxylation is 1. The van der Waals surface area contributed by atoms with E-state index in [0.29, 0.717) is 39.3 Å². The van der Waals surface area contributed by atoms with Gasteiger partial charge in [0.1, 0.15) is 11.4 Å². The molecular formula is C32H26N6O2. The first-order chi connectivity index (χ1) is 19.5. The average molecular weight is 527 g/mol. The number of hydrogen-bond acceptors (Lipinski definition) is 5. The molecule has 0 saturated carbocycles. The lowest BCUT2D eigenvalue weighted by atomic mass is 10.1. The number of benzene rings is 3. The van der Waals surface area contributed by atoms with Gasteiger partial charge in [0.25, 0.3) is 11.5 Å². The highest BCUT2D eigenvalue weighted by atomic mass is 16.2. The highest BCUT2D eigenvalue weighted by molar-refractivity contribution is 6.01. The molecule has 3 aromatic carbocycles. The van der Waals surface area contributed by atoms with Crippen molar-refractivity contribution in [1.82, 2.24) is 29.5 Å². The van der Waals surface area contributed by atoms with Crippen LogP contribution in [0, 0.1) is 6.92 Å². The highest BCUT2D eigenvalue weighted by Crippen LogP contribution is 2.23. The van der Waals surface area contributed by atoms with Crippen LogP contribution in [0.3, 0.4) is 0 Å². The zero-order valence-corrected chi connectivity index (χ0v) is 22.0. The molecular weight excluding hydrogens is 500 g/mol. The normalized spacial score (nSPS) is 12.2. The number of fused-ring (bicyclic) bond motifs is 2. The van der Waals surface area contributed by atoms with E-state index >= 15 is 0 Å². The van der Waals surface area contributed by atoms with Gasteiger partial charge in [-0.25, -0.2) is 14.5 Å². The summed E-state index contributed by atoms with van der Waals surface area (Å²) in [5.74, 6) is 0.0792. The fourth-order valence-electron chi connectivity index (χ4n) is 4.87. The van der Waals surface area contributed by atoms with Crippen LogP contribution in [0.2, 0.25) is 0 Å². The summed E-state index contributed by atoms with van der Waals surface area (Å²) in [7, 11) is 0. The molecule has 1 unspecified atom stereocenters. The molecule has 0 bridgehead atoms. The SMILES string of the molecule is Cc1nn2cccnc2c1C(=O)NC(C)c1nc2cccc(/C=C/c3ccccc3)c2c(=O)n1-c1ccccc1. The lowest BCUT2D eigenvalue weighted by molar-refractivity contribution is 0.0938. The lowest BCUT2D eigenvalue weighted by Gasteiger charge is -2.20. The van der Waals surface area contributed by atoms with Crippen LogP contribution in [0.5, 0.6) is 0 Å². The minimum absolute atomic E-state index is 0.213. The molecule has 1 amide bonds. The number of carbonyl (C=O) groups excluding carboxylic acids is 1. The van der Waals surface area contributed by atoms with Gasteiger partial charge in [0.05, 0.1) is 28.3 Å². The number of para-hydroxylation sites is 1. The quantitative estimate of drug-likeness (QED) is 0.293. The van der Waals surface area contributed by atoms with Crippen molar-refractivity contribution < 1.29 is 4.79 Å². The summed E-state index contributed by atoms with van der Waals surface area (Å²) in [6.45, 7) is 3.59. The third kappa shape index (κ3) is 4.56. The third-order valence-electron chi connectivity index (χ3n) is 6.76. The van der Waals surface area contributed by atoms with Gasteiger partial charge in [-0.15, -0.1) is 0 Å². The van der Waals surface area contributed by atoms with Gasteiger partial charge >= 0.3 is 0 Å². The van der Waals surface area contributed by atoms with E-state index in [2.05, 4.69) is 15.4 Å². The number of nitrogens with one attached hydrogen (secondary N) is 1. The second-order valence-corrected chi connectivity index (χ2v) is 9.47. The largest absolute Gasteiger partial charge is 0.342 e. The van der Waals surface area contributed by atoms with E-state index in [1.54, 1.807) is 34.5 Å². The van der Waals surface area contributed by atoms with Crippen molar-refractivity contribution in [1.29, 1.82) is 0 Å². The molecule has 8 heteroatoms. The molecule has 6 rings (SSSR count). The Labute approximate surface area is 230 Å². The van der Waals surface area contributed by atoms with E-state index < -0.39 is 6.04 Å². The monoisotopic (exact) mass is 526 g/mol.